The molecule has 4 saturated carbocycles. The molecular formula is C36H68O4Si2. The second kappa shape index (κ2) is 11.6. The number of hydrogen-bond donors (Lipinski definition) is 1. The van der Waals surface area contributed by atoms with E-state index in [0.717, 1.165) is 19.3 Å². The Morgan fingerprint density at radius 1 is 0.857 bits per heavy atom. The Morgan fingerprint density at radius 2 is 1.43 bits per heavy atom. The Labute approximate surface area is 262 Å². The van der Waals surface area contributed by atoms with E-state index in [2.05, 4.69) is 88.5 Å². The molecule has 0 saturated heterocycles. The molecule has 4 nitrogen and oxygen atoms in total. The number of aliphatic hydroxyl groups excluding tert-OH is 1. The lowest BCUT2D eigenvalue weighted by Crippen LogP contribution is -2.59. The fourth-order valence-corrected chi connectivity index (χ4v) is 12.3. The van der Waals surface area contributed by atoms with E-state index in [1.54, 1.807) is 0 Å². The van der Waals surface area contributed by atoms with Gasteiger partial charge in [0.1, 0.15) is 0 Å². The maximum atomic E-state index is 12.9. The van der Waals surface area contributed by atoms with Crippen LogP contribution in [-0.2, 0) is 13.6 Å². The highest BCUT2D eigenvalue weighted by molar-refractivity contribution is 6.75. The first-order valence-corrected chi connectivity index (χ1v) is 23.4. The third kappa shape index (κ3) is 6.27. The van der Waals surface area contributed by atoms with Crippen LogP contribution >= 0.6 is 0 Å². The number of aliphatic hydroxyl groups is 1. The summed E-state index contributed by atoms with van der Waals surface area (Å²) in [6.07, 6.45) is 11.2. The van der Waals surface area contributed by atoms with Crippen LogP contribution in [0.2, 0.25) is 36.3 Å². The van der Waals surface area contributed by atoms with Crippen LogP contribution in [0.15, 0.2) is 0 Å². The predicted octanol–water partition coefficient (Wildman–Crippen LogP) is 9.97. The highest BCUT2D eigenvalue weighted by Gasteiger charge is 2.63. The van der Waals surface area contributed by atoms with Crippen LogP contribution in [-0.4, -0.2) is 39.9 Å². The number of fused-ring (bicyclic) bond motifs is 5. The van der Waals surface area contributed by atoms with Crippen molar-refractivity contribution in [3.05, 3.63) is 0 Å². The summed E-state index contributed by atoms with van der Waals surface area (Å²) in [5.74, 6) is 3.40. The van der Waals surface area contributed by atoms with Crippen molar-refractivity contribution in [3.63, 3.8) is 0 Å². The van der Waals surface area contributed by atoms with Gasteiger partial charge in [0.05, 0.1) is 6.10 Å². The van der Waals surface area contributed by atoms with Crippen molar-refractivity contribution < 1.29 is 18.8 Å². The summed E-state index contributed by atoms with van der Waals surface area (Å²) < 4.78 is 13.0. The van der Waals surface area contributed by atoms with Gasteiger partial charge in [-0.1, -0.05) is 62.3 Å². The Morgan fingerprint density at radius 3 is 2.02 bits per heavy atom. The highest BCUT2D eigenvalue weighted by Crippen LogP contribution is 2.68. The van der Waals surface area contributed by atoms with Crippen molar-refractivity contribution in [1.29, 1.82) is 0 Å². The van der Waals surface area contributed by atoms with E-state index in [9.17, 15) is 9.90 Å². The molecular weight excluding hydrogens is 553 g/mol. The van der Waals surface area contributed by atoms with Crippen LogP contribution in [0.1, 0.15) is 127 Å². The molecule has 4 rings (SSSR count). The Bertz CT molecular complexity index is 980. The maximum Gasteiger partial charge on any atom is 0.292 e. The highest BCUT2D eigenvalue weighted by atomic mass is 28.4. The van der Waals surface area contributed by atoms with Crippen LogP contribution in [0, 0.1) is 46.3 Å². The lowest BCUT2D eigenvalue weighted by molar-refractivity contribution is -0.173. The van der Waals surface area contributed by atoms with Crippen LogP contribution in [0.25, 0.3) is 0 Å². The first-order valence-electron chi connectivity index (χ1n) is 17.6. The van der Waals surface area contributed by atoms with Gasteiger partial charge in [0, 0.05) is 12.5 Å². The van der Waals surface area contributed by atoms with Crippen molar-refractivity contribution in [1.82, 2.24) is 0 Å². The molecule has 4 aliphatic rings. The van der Waals surface area contributed by atoms with Crippen molar-refractivity contribution in [2.45, 2.75) is 175 Å². The smallest absolute Gasteiger partial charge is 0.292 e. The lowest BCUT2D eigenvalue weighted by atomic mass is 9.43. The van der Waals surface area contributed by atoms with Crippen molar-refractivity contribution >= 4 is 22.6 Å². The zero-order chi connectivity index (χ0) is 31.7. The predicted molar refractivity (Wildman–Crippen MR) is 180 cm³/mol. The molecule has 0 aromatic carbocycles. The second-order valence-electron chi connectivity index (χ2n) is 19.0. The zero-order valence-electron chi connectivity index (χ0n) is 29.9. The first-order chi connectivity index (χ1) is 19.0. The van der Waals surface area contributed by atoms with Crippen LogP contribution in [0.3, 0.4) is 0 Å². The normalized spacial score (nSPS) is 40.1. The molecule has 0 unspecified atom stereocenters. The zero-order valence-corrected chi connectivity index (χ0v) is 31.9. The van der Waals surface area contributed by atoms with Gasteiger partial charge in [-0.05, 0) is 140 Å². The average molecular weight is 621 g/mol. The van der Waals surface area contributed by atoms with Crippen LogP contribution < -0.4 is 0 Å². The second-order valence-corrected chi connectivity index (χ2v) is 28.5. The van der Waals surface area contributed by atoms with Gasteiger partial charge in [-0.25, -0.2) is 0 Å². The molecule has 0 aromatic rings. The molecule has 0 radical (unpaired) electrons. The summed E-state index contributed by atoms with van der Waals surface area (Å²) in [6, 6.07) is 0. The monoisotopic (exact) mass is 620 g/mol. The molecule has 4 fully saturated rings. The minimum Gasteiger partial charge on any atom is -0.519 e. The van der Waals surface area contributed by atoms with Gasteiger partial charge in [-0.2, -0.15) is 0 Å². The molecule has 0 heterocycles. The van der Waals surface area contributed by atoms with Crippen molar-refractivity contribution in [3.8, 4) is 0 Å². The third-order valence-electron chi connectivity index (χ3n) is 14.6. The molecule has 0 aromatic heterocycles. The van der Waals surface area contributed by atoms with Gasteiger partial charge in [0.15, 0.2) is 8.32 Å². The molecule has 0 bridgehead atoms. The van der Waals surface area contributed by atoms with Crippen molar-refractivity contribution in [2.75, 3.05) is 0 Å². The molecule has 244 valence electrons. The molecule has 0 spiro atoms. The summed E-state index contributed by atoms with van der Waals surface area (Å²) in [6.45, 7) is 30.3. The summed E-state index contributed by atoms with van der Waals surface area (Å²) in [4.78, 5) is 12.9. The number of carbonyl (C=O) groups excluding carboxylic acids is 1. The van der Waals surface area contributed by atoms with E-state index in [1.807, 2.05) is 0 Å². The van der Waals surface area contributed by atoms with Gasteiger partial charge >= 0.3 is 0 Å². The minimum absolute atomic E-state index is 0.00616. The molecule has 0 aliphatic heterocycles. The van der Waals surface area contributed by atoms with Crippen LogP contribution in [0.4, 0.5) is 0 Å². The number of carbonyl (C=O) groups is 1. The Hall–Kier alpha value is -0.176. The SMILES string of the molecule is C[C@H](CCC(=O)O[Si](C)(C)C(C)(C)C)[C@H]1CC[C@H]2[C@@H]3[C@@H](O)C[C@@H]4C[C@H](O[Si](C)(C)C(C)(C)C)CC[C@]4(C)[C@H]3CC[C@]12C. The topological polar surface area (TPSA) is 55.8 Å². The van der Waals surface area contributed by atoms with Gasteiger partial charge < -0.3 is 14.0 Å². The van der Waals surface area contributed by atoms with Crippen LogP contribution in [0.5, 0.6) is 0 Å². The molecule has 6 heteroatoms. The van der Waals surface area contributed by atoms with Crippen molar-refractivity contribution in [2.24, 2.45) is 46.3 Å². The average Bonchev–Trinajstić information content (AvgIpc) is 3.19. The van der Waals surface area contributed by atoms with Gasteiger partial charge in [-0.3, -0.25) is 4.79 Å². The molecule has 1 N–H and O–H groups in total. The molecule has 4 aliphatic carbocycles. The summed E-state index contributed by atoms with van der Waals surface area (Å²) in [7, 11) is -3.87. The lowest BCUT2D eigenvalue weighted by Gasteiger charge is -2.63. The van der Waals surface area contributed by atoms with E-state index in [1.165, 1.54) is 38.5 Å². The fraction of sp³-hybridized carbons (Fsp3) is 0.972. The summed E-state index contributed by atoms with van der Waals surface area (Å²) in [5, 5.41) is 12.1. The molecule has 10 atom stereocenters. The van der Waals surface area contributed by atoms with E-state index in [0.29, 0.717) is 53.4 Å². The molecule has 42 heavy (non-hydrogen) atoms. The Kier molecular flexibility index (Phi) is 9.55. The van der Waals surface area contributed by atoms with Gasteiger partial charge in [0.2, 0.25) is 0 Å². The number of rotatable bonds is 7. The summed E-state index contributed by atoms with van der Waals surface area (Å²) in [5.41, 5.74) is 0.604. The maximum absolute atomic E-state index is 12.9. The fourth-order valence-electron chi connectivity index (χ4n) is 9.89. The van der Waals surface area contributed by atoms with Gasteiger partial charge in [0.25, 0.3) is 14.3 Å². The van der Waals surface area contributed by atoms with E-state index >= 15 is 0 Å². The van der Waals surface area contributed by atoms with Gasteiger partial charge in [-0.15, -0.1) is 0 Å². The quantitative estimate of drug-likeness (QED) is 0.288. The Balaban J connectivity index is 1.41. The largest absolute Gasteiger partial charge is 0.519 e. The third-order valence-corrected chi connectivity index (χ3v) is 23.5. The standard InChI is InChI=1S/C36H68O4Si2/c1-24(14-17-31(38)40-42(12,13)34(5,6)7)27-15-16-28-32-29(19-21-36(27,28)9)35(8)20-18-26(22-25(35)23-30(32)37)39-41(10,11)33(2,3)4/h24-30,32,37H,14-23H2,1-13H3/t24-,25+,26-,27-,28+,29+,30+,32+,35+,36-/m1/s1. The number of hydrogen-bond acceptors (Lipinski definition) is 4. The molecule has 0 amide bonds. The summed E-state index contributed by atoms with van der Waals surface area (Å²) >= 11 is 0. The first kappa shape index (κ1) is 34.7. The van der Waals surface area contributed by atoms with E-state index in [-0.39, 0.29) is 27.6 Å². The van der Waals surface area contributed by atoms with E-state index in [4.69, 9.17) is 8.85 Å². The minimum atomic E-state index is -2.07. The van der Waals surface area contributed by atoms with E-state index < -0.39 is 16.6 Å².